The molecule has 5 nitrogen and oxygen atoms in total. The highest BCUT2D eigenvalue weighted by molar-refractivity contribution is 5.92. The molecule has 1 aliphatic rings. The van der Waals surface area contributed by atoms with E-state index in [1.165, 1.54) is 0 Å². The number of nitrogens with one attached hydrogen (secondary N) is 1. The molecule has 0 aromatic carbocycles. The van der Waals surface area contributed by atoms with Crippen LogP contribution in [0.5, 0.6) is 0 Å². The first kappa shape index (κ1) is 11.1. The van der Waals surface area contributed by atoms with Gasteiger partial charge in [0, 0.05) is 26.6 Å². The van der Waals surface area contributed by atoms with Crippen LogP contribution < -0.4 is 5.32 Å². The Hall–Kier alpha value is -1.36. The van der Waals surface area contributed by atoms with Crippen LogP contribution in [0.25, 0.3) is 0 Å². The number of carbonyl (C=O) groups is 1. The third kappa shape index (κ3) is 1.95. The Bertz CT molecular complexity index is 394. The smallest absolute Gasteiger partial charge is 0.291 e. The van der Waals surface area contributed by atoms with Crippen molar-refractivity contribution in [3.8, 4) is 0 Å². The van der Waals surface area contributed by atoms with Crippen LogP contribution in [-0.4, -0.2) is 42.0 Å². The number of aromatic nitrogens is 1. The monoisotopic (exact) mass is 223 g/mol. The Morgan fingerprint density at radius 1 is 1.56 bits per heavy atom. The molecule has 2 heterocycles. The summed E-state index contributed by atoms with van der Waals surface area (Å²) in [5, 5.41) is 3.24. The number of hydrogen-bond donors (Lipinski definition) is 1. The van der Waals surface area contributed by atoms with Gasteiger partial charge in [-0.05, 0) is 19.9 Å². The maximum atomic E-state index is 12.1. The van der Waals surface area contributed by atoms with Gasteiger partial charge in [-0.3, -0.25) is 4.79 Å². The van der Waals surface area contributed by atoms with E-state index in [1.54, 1.807) is 18.7 Å². The molecule has 0 aliphatic carbocycles. The Balaban J connectivity index is 2.14. The summed E-state index contributed by atoms with van der Waals surface area (Å²) in [5.74, 6) is 0.831. The quantitative estimate of drug-likeness (QED) is 0.802. The molecule has 1 aromatic heterocycles. The number of oxazole rings is 1. The highest BCUT2D eigenvalue weighted by Gasteiger charge is 2.27. The average molecular weight is 223 g/mol. The van der Waals surface area contributed by atoms with E-state index >= 15 is 0 Å². The van der Waals surface area contributed by atoms with Crippen molar-refractivity contribution in [2.24, 2.45) is 0 Å². The van der Waals surface area contributed by atoms with E-state index in [2.05, 4.69) is 10.3 Å². The van der Waals surface area contributed by atoms with E-state index < -0.39 is 0 Å². The largest absolute Gasteiger partial charge is 0.436 e. The Labute approximate surface area is 94.8 Å². The molecular formula is C11H17N3O2. The average Bonchev–Trinajstić information content (AvgIpc) is 2.85. The van der Waals surface area contributed by atoms with Crippen molar-refractivity contribution in [2.75, 3.05) is 20.1 Å². The highest BCUT2D eigenvalue weighted by Crippen LogP contribution is 2.15. The molecule has 0 spiro atoms. The summed E-state index contributed by atoms with van der Waals surface area (Å²) in [6.45, 7) is 5.37. The van der Waals surface area contributed by atoms with Crippen molar-refractivity contribution in [3.63, 3.8) is 0 Å². The van der Waals surface area contributed by atoms with Crippen molar-refractivity contribution in [3.05, 3.63) is 17.3 Å². The molecule has 5 heteroatoms. The van der Waals surface area contributed by atoms with Crippen LogP contribution in [-0.2, 0) is 0 Å². The van der Waals surface area contributed by atoms with E-state index in [0.29, 0.717) is 17.3 Å². The van der Waals surface area contributed by atoms with Crippen molar-refractivity contribution in [2.45, 2.75) is 26.3 Å². The second-order valence-electron chi connectivity index (χ2n) is 4.21. The summed E-state index contributed by atoms with van der Waals surface area (Å²) in [4.78, 5) is 18.0. The number of likely N-dealkylation sites (N-methyl/N-ethyl adjacent to an activating group) is 1. The molecule has 1 aromatic rings. The van der Waals surface area contributed by atoms with Crippen LogP contribution in [0, 0.1) is 13.8 Å². The lowest BCUT2D eigenvalue weighted by Gasteiger charge is -2.22. The molecule has 1 aliphatic heterocycles. The Morgan fingerprint density at radius 2 is 2.31 bits per heavy atom. The molecule has 1 saturated heterocycles. The molecule has 1 amide bonds. The van der Waals surface area contributed by atoms with Gasteiger partial charge < -0.3 is 14.6 Å². The molecule has 0 radical (unpaired) electrons. The van der Waals surface area contributed by atoms with Gasteiger partial charge in [-0.2, -0.15) is 0 Å². The van der Waals surface area contributed by atoms with E-state index in [-0.39, 0.29) is 11.9 Å². The summed E-state index contributed by atoms with van der Waals surface area (Å²) in [6, 6.07) is 0.261. The van der Waals surface area contributed by atoms with Crippen LogP contribution >= 0.6 is 0 Å². The van der Waals surface area contributed by atoms with Gasteiger partial charge in [0.25, 0.3) is 5.91 Å². The molecule has 1 fully saturated rings. The minimum Gasteiger partial charge on any atom is -0.436 e. The van der Waals surface area contributed by atoms with Gasteiger partial charge in [0.15, 0.2) is 5.89 Å². The molecule has 1 unspecified atom stereocenters. The molecule has 0 bridgehead atoms. The number of aryl methyl sites for hydroxylation is 2. The van der Waals surface area contributed by atoms with Gasteiger partial charge in [0.2, 0.25) is 5.76 Å². The maximum Gasteiger partial charge on any atom is 0.291 e. The van der Waals surface area contributed by atoms with Crippen molar-refractivity contribution < 1.29 is 9.21 Å². The van der Waals surface area contributed by atoms with Gasteiger partial charge in [-0.15, -0.1) is 0 Å². The minimum absolute atomic E-state index is 0.0770. The second-order valence-corrected chi connectivity index (χ2v) is 4.21. The fourth-order valence-electron chi connectivity index (χ4n) is 2.03. The first-order chi connectivity index (χ1) is 7.59. The van der Waals surface area contributed by atoms with Gasteiger partial charge in [-0.1, -0.05) is 0 Å². The first-order valence-corrected chi connectivity index (χ1v) is 5.51. The van der Waals surface area contributed by atoms with Gasteiger partial charge >= 0.3 is 0 Å². The SMILES string of the molecule is Cc1nc(C)c(C(=O)N(C)C2CCNC2)o1. The van der Waals surface area contributed by atoms with Crippen LogP contribution in [0.1, 0.15) is 28.6 Å². The standard InChI is InChI=1S/C11H17N3O2/c1-7-10(16-8(2)13-7)11(15)14(3)9-4-5-12-6-9/h9,12H,4-6H2,1-3H3. The van der Waals surface area contributed by atoms with Crippen molar-refractivity contribution >= 4 is 5.91 Å². The summed E-state index contributed by atoms with van der Waals surface area (Å²) in [7, 11) is 1.82. The van der Waals surface area contributed by atoms with Gasteiger partial charge in [-0.25, -0.2) is 4.98 Å². The van der Waals surface area contributed by atoms with E-state index in [0.717, 1.165) is 19.5 Å². The Morgan fingerprint density at radius 3 is 2.81 bits per heavy atom. The van der Waals surface area contributed by atoms with Gasteiger partial charge in [0.1, 0.15) is 0 Å². The zero-order valence-corrected chi connectivity index (χ0v) is 9.91. The fraction of sp³-hybridized carbons (Fsp3) is 0.636. The van der Waals surface area contributed by atoms with Crippen LogP contribution in [0.15, 0.2) is 4.42 Å². The zero-order valence-electron chi connectivity index (χ0n) is 9.91. The first-order valence-electron chi connectivity index (χ1n) is 5.51. The molecule has 1 atom stereocenters. The third-order valence-electron chi connectivity index (χ3n) is 3.00. The molecule has 0 saturated carbocycles. The molecule has 1 N–H and O–H groups in total. The topological polar surface area (TPSA) is 58.4 Å². The van der Waals surface area contributed by atoms with Crippen LogP contribution in [0.4, 0.5) is 0 Å². The summed E-state index contributed by atoms with van der Waals surface area (Å²) < 4.78 is 5.33. The van der Waals surface area contributed by atoms with Crippen LogP contribution in [0.2, 0.25) is 0 Å². The van der Waals surface area contributed by atoms with Crippen molar-refractivity contribution in [1.82, 2.24) is 15.2 Å². The lowest BCUT2D eigenvalue weighted by molar-refractivity contribution is 0.0709. The maximum absolute atomic E-state index is 12.1. The molecular weight excluding hydrogens is 206 g/mol. The predicted octanol–water partition coefficient (Wildman–Crippen LogP) is 0.725. The van der Waals surface area contributed by atoms with E-state index in [1.807, 2.05) is 7.05 Å². The van der Waals surface area contributed by atoms with Crippen molar-refractivity contribution in [1.29, 1.82) is 0 Å². The third-order valence-corrected chi connectivity index (χ3v) is 3.00. The van der Waals surface area contributed by atoms with E-state index in [9.17, 15) is 4.79 Å². The number of amides is 1. The zero-order chi connectivity index (χ0) is 11.7. The summed E-state index contributed by atoms with van der Waals surface area (Å²) >= 11 is 0. The van der Waals surface area contributed by atoms with Crippen LogP contribution in [0.3, 0.4) is 0 Å². The summed E-state index contributed by atoms with van der Waals surface area (Å²) in [5.41, 5.74) is 0.667. The number of carbonyl (C=O) groups excluding carboxylic acids is 1. The number of hydrogen-bond acceptors (Lipinski definition) is 4. The lowest BCUT2D eigenvalue weighted by atomic mass is 10.2. The molecule has 2 rings (SSSR count). The Kier molecular flexibility index (Phi) is 2.96. The highest BCUT2D eigenvalue weighted by atomic mass is 16.4. The lowest BCUT2D eigenvalue weighted by Crippen LogP contribution is -2.38. The summed E-state index contributed by atoms with van der Waals surface area (Å²) in [6.07, 6.45) is 0.994. The van der Waals surface area contributed by atoms with Gasteiger partial charge in [0.05, 0.1) is 5.69 Å². The van der Waals surface area contributed by atoms with E-state index in [4.69, 9.17) is 4.42 Å². The second kappa shape index (κ2) is 4.25. The fourth-order valence-corrected chi connectivity index (χ4v) is 2.03. The number of rotatable bonds is 2. The normalized spacial score (nSPS) is 20.1. The predicted molar refractivity (Wildman–Crippen MR) is 59.3 cm³/mol. The molecule has 16 heavy (non-hydrogen) atoms. The molecule has 88 valence electrons. The number of nitrogens with zero attached hydrogens (tertiary/aromatic N) is 2. The minimum atomic E-state index is -0.0770.